The number of phenolic OH excluding ortho intramolecular Hbond substituents is 1. The topological polar surface area (TPSA) is 95.9 Å². The summed E-state index contributed by atoms with van der Waals surface area (Å²) in [6, 6.07) is 2.75. The first-order valence-electron chi connectivity index (χ1n) is 5.14. The normalized spacial score (nSPS) is 11.0. The molecular formula is C12H12ClNO5. The van der Waals surface area contributed by atoms with Gasteiger partial charge in [0.2, 0.25) is 5.91 Å². The Bertz CT molecular complexity index is 553. The molecule has 0 aromatic heterocycles. The highest BCUT2D eigenvalue weighted by atomic mass is 35.5. The van der Waals surface area contributed by atoms with Crippen LogP contribution in [0.4, 0.5) is 0 Å². The van der Waals surface area contributed by atoms with Crippen LogP contribution in [0.3, 0.4) is 0 Å². The molecule has 0 aliphatic heterocycles. The van der Waals surface area contributed by atoms with Crippen molar-refractivity contribution in [3.05, 3.63) is 28.4 Å². The standard InChI is InChI=1S/C12H12ClNO5/c1-6(15)14-9(12(17)18)4-7-3-8(13)11(16)10(5-7)19-2/h3-5,16H,1-2H3,(H,14,15)(H,17,18). The number of hydrogen-bond donors (Lipinski definition) is 3. The molecule has 1 aromatic rings. The van der Waals surface area contributed by atoms with Crippen LogP contribution in [0.15, 0.2) is 17.8 Å². The van der Waals surface area contributed by atoms with Crippen molar-refractivity contribution in [2.45, 2.75) is 6.92 Å². The summed E-state index contributed by atoms with van der Waals surface area (Å²) < 4.78 is 4.89. The van der Waals surface area contributed by atoms with Crippen LogP contribution in [-0.4, -0.2) is 29.2 Å². The van der Waals surface area contributed by atoms with E-state index in [1.165, 1.54) is 32.2 Å². The second-order valence-corrected chi connectivity index (χ2v) is 4.01. The zero-order chi connectivity index (χ0) is 14.6. The Hall–Kier alpha value is -2.21. The number of carbonyl (C=O) groups is 2. The molecule has 0 radical (unpaired) electrons. The van der Waals surface area contributed by atoms with E-state index >= 15 is 0 Å². The van der Waals surface area contributed by atoms with E-state index < -0.39 is 11.9 Å². The molecule has 19 heavy (non-hydrogen) atoms. The van der Waals surface area contributed by atoms with E-state index in [2.05, 4.69) is 5.32 Å². The zero-order valence-corrected chi connectivity index (χ0v) is 11.0. The van der Waals surface area contributed by atoms with Crippen molar-refractivity contribution in [3.8, 4) is 11.5 Å². The number of ether oxygens (including phenoxy) is 1. The molecule has 1 aromatic carbocycles. The van der Waals surface area contributed by atoms with Crippen LogP contribution >= 0.6 is 11.6 Å². The predicted octanol–water partition coefficient (Wildman–Crippen LogP) is 1.62. The van der Waals surface area contributed by atoms with Gasteiger partial charge in [-0.05, 0) is 23.8 Å². The molecule has 0 saturated heterocycles. The van der Waals surface area contributed by atoms with Crippen LogP contribution in [0.2, 0.25) is 5.02 Å². The fourth-order valence-electron chi connectivity index (χ4n) is 1.34. The summed E-state index contributed by atoms with van der Waals surface area (Å²) in [7, 11) is 1.34. The lowest BCUT2D eigenvalue weighted by molar-refractivity contribution is -0.134. The van der Waals surface area contributed by atoms with Crippen molar-refractivity contribution < 1.29 is 24.5 Å². The highest BCUT2D eigenvalue weighted by molar-refractivity contribution is 6.32. The number of phenols is 1. The van der Waals surface area contributed by atoms with Crippen molar-refractivity contribution in [1.29, 1.82) is 0 Å². The number of carboxylic acids is 1. The maximum atomic E-state index is 10.9. The average Bonchev–Trinajstić information content (AvgIpc) is 2.31. The van der Waals surface area contributed by atoms with Crippen molar-refractivity contribution in [1.82, 2.24) is 5.32 Å². The second kappa shape index (κ2) is 6.10. The number of benzene rings is 1. The minimum atomic E-state index is -1.29. The minimum Gasteiger partial charge on any atom is -0.503 e. The first kappa shape index (κ1) is 14.8. The summed E-state index contributed by atoms with van der Waals surface area (Å²) >= 11 is 5.77. The molecule has 1 amide bonds. The molecule has 0 aliphatic rings. The third kappa shape index (κ3) is 3.89. The molecule has 0 aliphatic carbocycles. The predicted molar refractivity (Wildman–Crippen MR) is 69.1 cm³/mol. The van der Waals surface area contributed by atoms with E-state index in [4.69, 9.17) is 21.4 Å². The lowest BCUT2D eigenvalue weighted by atomic mass is 10.1. The van der Waals surface area contributed by atoms with Crippen molar-refractivity contribution in [2.24, 2.45) is 0 Å². The Labute approximate surface area is 114 Å². The number of amides is 1. The summed E-state index contributed by atoms with van der Waals surface area (Å²) in [4.78, 5) is 21.8. The van der Waals surface area contributed by atoms with Gasteiger partial charge < -0.3 is 20.3 Å². The summed E-state index contributed by atoms with van der Waals surface area (Å²) in [5.74, 6) is -1.94. The van der Waals surface area contributed by atoms with Crippen molar-refractivity contribution >= 4 is 29.6 Å². The van der Waals surface area contributed by atoms with Gasteiger partial charge in [0.15, 0.2) is 11.5 Å². The van der Waals surface area contributed by atoms with E-state index in [1.54, 1.807) is 0 Å². The van der Waals surface area contributed by atoms with Gasteiger partial charge in [0.05, 0.1) is 12.1 Å². The van der Waals surface area contributed by atoms with Crippen LogP contribution in [0, 0.1) is 0 Å². The molecule has 0 spiro atoms. The van der Waals surface area contributed by atoms with Gasteiger partial charge in [-0.25, -0.2) is 4.79 Å². The largest absolute Gasteiger partial charge is 0.503 e. The lowest BCUT2D eigenvalue weighted by Crippen LogP contribution is -2.24. The van der Waals surface area contributed by atoms with Gasteiger partial charge in [0.25, 0.3) is 0 Å². The van der Waals surface area contributed by atoms with Gasteiger partial charge in [-0.3, -0.25) is 4.79 Å². The molecule has 3 N–H and O–H groups in total. The Kier molecular flexibility index (Phi) is 4.77. The molecule has 0 heterocycles. The first-order chi connectivity index (χ1) is 8.85. The van der Waals surface area contributed by atoms with E-state index in [0.717, 1.165) is 0 Å². The number of aromatic hydroxyl groups is 1. The molecule has 1 rings (SSSR count). The number of carbonyl (C=O) groups excluding carboxylic acids is 1. The molecule has 0 saturated carbocycles. The third-order valence-electron chi connectivity index (χ3n) is 2.12. The first-order valence-corrected chi connectivity index (χ1v) is 5.52. The zero-order valence-electron chi connectivity index (χ0n) is 10.2. The maximum Gasteiger partial charge on any atom is 0.352 e. The van der Waals surface area contributed by atoms with E-state index in [9.17, 15) is 14.7 Å². The molecule has 0 unspecified atom stereocenters. The number of aliphatic carboxylic acids is 1. The highest BCUT2D eigenvalue weighted by Gasteiger charge is 2.12. The molecule has 0 bridgehead atoms. The number of carboxylic acid groups (broad SMARTS) is 1. The monoisotopic (exact) mass is 285 g/mol. The van der Waals surface area contributed by atoms with E-state index in [-0.39, 0.29) is 22.2 Å². The van der Waals surface area contributed by atoms with Gasteiger partial charge in [-0.1, -0.05) is 11.6 Å². The number of methoxy groups -OCH3 is 1. The number of hydrogen-bond acceptors (Lipinski definition) is 4. The average molecular weight is 286 g/mol. The quantitative estimate of drug-likeness (QED) is 0.731. The van der Waals surface area contributed by atoms with Crippen LogP contribution < -0.4 is 10.1 Å². The van der Waals surface area contributed by atoms with Crippen molar-refractivity contribution in [2.75, 3.05) is 7.11 Å². The smallest absolute Gasteiger partial charge is 0.352 e. The Morgan fingerprint density at radius 2 is 2.05 bits per heavy atom. The van der Waals surface area contributed by atoms with Crippen LogP contribution in [0.5, 0.6) is 11.5 Å². The number of nitrogens with one attached hydrogen (secondary N) is 1. The van der Waals surface area contributed by atoms with Gasteiger partial charge in [0.1, 0.15) is 5.70 Å². The van der Waals surface area contributed by atoms with Gasteiger partial charge in [0, 0.05) is 6.92 Å². The summed E-state index contributed by atoms with van der Waals surface area (Å²) in [5, 5.41) is 20.7. The van der Waals surface area contributed by atoms with E-state index in [0.29, 0.717) is 5.56 Å². The SMILES string of the molecule is COc1cc(C=C(NC(C)=O)C(=O)O)cc(Cl)c1O. The lowest BCUT2D eigenvalue weighted by Gasteiger charge is -2.08. The third-order valence-corrected chi connectivity index (χ3v) is 2.41. The van der Waals surface area contributed by atoms with Gasteiger partial charge in [-0.15, -0.1) is 0 Å². The van der Waals surface area contributed by atoms with Gasteiger partial charge in [-0.2, -0.15) is 0 Å². The second-order valence-electron chi connectivity index (χ2n) is 3.60. The Morgan fingerprint density at radius 3 is 2.53 bits per heavy atom. The fraction of sp³-hybridized carbons (Fsp3) is 0.167. The van der Waals surface area contributed by atoms with Crippen LogP contribution in [0.25, 0.3) is 6.08 Å². The van der Waals surface area contributed by atoms with Gasteiger partial charge >= 0.3 is 5.97 Å². The Morgan fingerprint density at radius 1 is 1.42 bits per heavy atom. The number of rotatable bonds is 4. The summed E-state index contributed by atoms with van der Waals surface area (Å²) in [6.45, 7) is 1.20. The summed E-state index contributed by atoms with van der Waals surface area (Å²) in [6.07, 6.45) is 1.21. The van der Waals surface area contributed by atoms with Crippen molar-refractivity contribution in [3.63, 3.8) is 0 Å². The fourth-order valence-corrected chi connectivity index (χ4v) is 1.56. The maximum absolute atomic E-state index is 10.9. The molecule has 7 heteroatoms. The van der Waals surface area contributed by atoms with Crippen LogP contribution in [-0.2, 0) is 9.59 Å². The molecule has 6 nitrogen and oxygen atoms in total. The highest BCUT2D eigenvalue weighted by Crippen LogP contribution is 2.35. The Balaban J connectivity index is 3.24. The molecule has 0 atom stereocenters. The molecule has 102 valence electrons. The minimum absolute atomic E-state index is 0.0122. The molecule has 0 fully saturated rings. The number of halogens is 1. The molecular weight excluding hydrogens is 274 g/mol. The van der Waals surface area contributed by atoms with E-state index in [1.807, 2.05) is 0 Å². The summed E-state index contributed by atoms with van der Waals surface area (Å²) in [5.41, 5.74) is 0.0575. The van der Waals surface area contributed by atoms with Crippen LogP contribution in [0.1, 0.15) is 12.5 Å².